The number of nitro benzene ring substituents is 1. The second-order valence-electron chi connectivity index (χ2n) is 4.64. The number of thiocarbonyl (C=S) groups is 1. The second kappa shape index (κ2) is 7.32. The minimum absolute atomic E-state index is 0.295. The normalized spacial score (nSPS) is 10.5. The van der Waals surface area contributed by atoms with Crippen molar-refractivity contribution >= 4 is 34.9 Å². The molecule has 3 N–H and O–H groups in total. The van der Waals surface area contributed by atoms with Gasteiger partial charge in [0, 0.05) is 17.3 Å². The number of aryl methyl sites for hydroxylation is 1. The predicted molar refractivity (Wildman–Crippen MR) is 92.9 cm³/mol. The van der Waals surface area contributed by atoms with Gasteiger partial charge in [-0.05, 0) is 42.9 Å². The fourth-order valence-corrected chi connectivity index (χ4v) is 1.96. The molecule has 0 heterocycles. The van der Waals surface area contributed by atoms with Crippen LogP contribution in [0.25, 0.3) is 0 Å². The van der Waals surface area contributed by atoms with Crippen LogP contribution < -0.4 is 10.7 Å². The molecule has 0 saturated carbocycles. The molecule has 0 unspecified atom stereocenters. The highest BCUT2D eigenvalue weighted by atomic mass is 32.1. The van der Waals surface area contributed by atoms with Crippen molar-refractivity contribution in [1.29, 1.82) is 0 Å². The lowest BCUT2D eigenvalue weighted by Gasteiger charge is -2.09. The Morgan fingerprint density at radius 2 is 2.09 bits per heavy atom. The number of phenols is 1. The Hall–Kier alpha value is -3.00. The lowest BCUT2D eigenvalue weighted by Crippen LogP contribution is -2.24. The van der Waals surface area contributed by atoms with E-state index in [1.807, 2.05) is 31.2 Å². The van der Waals surface area contributed by atoms with Crippen LogP contribution in [0, 0.1) is 17.0 Å². The zero-order valence-corrected chi connectivity index (χ0v) is 13.0. The van der Waals surface area contributed by atoms with Gasteiger partial charge >= 0.3 is 5.69 Å². The largest absolute Gasteiger partial charge is 0.502 e. The molecule has 0 atom stereocenters. The Kier molecular flexibility index (Phi) is 5.21. The summed E-state index contributed by atoms with van der Waals surface area (Å²) in [6.07, 6.45) is 1.37. The number of phenolic OH excluding ortho intramolecular Hbond substituents is 1. The Morgan fingerprint density at radius 1 is 1.35 bits per heavy atom. The van der Waals surface area contributed by atoms with Gasteiger partial charge in [-0.3, -0.25) is 15.5 Å². The van der Waals surface area contributed by atoms with Crippen molar-refractivity contribution in [3.05, 3.63) is 63.7 Å². The van der Waals surface area contributed by atoms with E-state index in [1.165, 1.54) is 24.4 Å². The van der Waals surface area contributed by atoms with Gasteiger partial charge in [-0.15, -0.1) is 0 Å². The van der Waals surface area contributed by atoms with Crippen LogP contribution in [0.5, 0.6) is 5.75 Å². The van der Waals surface area contributed by atoms with Gasteiger partial charge in [0.25, 0.3) is 0 Å². The molecule has 2 aromatic rings. The van der Waals surface area contributed by atoms with Crippen molar-refractivity contribution in [2.45, 2.75) is 6.92 Å². The number of hydrogen-bond donors (Lipinski definition) is 3. The Labute approximate surface area is 137 Å². The van der Waals surface area contributed by atoms with E-state index in [-0.39, 0.29) is 5.69 Å². The topological polar surface area (TPSA) is 99.8 Å². The standard InChI is InChI=1S/C15H14N4O3S/c1-10-4-2-3-5-12(10)17-15(23)18-16-9-11-6-7-14(20)13(8-11)19(21)22/h2-9,20H,1H3,(H2,17,18,23)/b16-9+. The van der Waals surface area contributed by atoms with Crippen LogP contribution in [-0.4, -0.2) is 21.4 Å². The van der Waals surface area contributed by atoms with E-state index in [4.69, 9.17) is 12.2 Å². The third-order valence-corrected chi connectivity index (χ3v) is 3.16. The van der Waals surface area contributed by atoms with E-state index in [1.54, 1.807) is 0 Å². The molecule has 0 aliphatic rings. The Balaban J connectivity index is 1.99. The van der Waals surface area contributed by atoms with Gasteiger partial charge in [-0.2, -0.15) is 5.10 Å². The van der Waals surface area contributed by atoms with Crippen molar-refractivity contribution in [2.75, 3.05) is 5.32 Å². The first-order valence-corrected chi connectivity index (χ1v) is 7.01. The quantitative estimate of drug-likeness (QED) is 0.345. The number of benzene rings is 2. The van der Waals surface area contributed by atoms with Crippen molar-refractivity contribution in [3.8, 4) is 5.75 Å². The molecule has 0 spiro atoms. The maximum Gasteiger partial charge on any atom is 0.311 e. The van der Waals surface area contributed by atoms with E-state index in [2.05, 4.69) is 15.8 Å². The molecule has 0 radical (unpaired) electrons. The average molecular weight is 330 g/mol. The molecule has 0 fully saturated rings. The number of rotatable bonds is 4. The number of hydrazone groups is 1. The summed E-state index contributed by atoms with van der Waals surface area (Å²) in [4.78, 5) is 10.1. The number of aromatic hydroxyl groups is 1. The first kappa shape index (κ1) is 16.4. The maximum atomic E-state index is 10.7. The van der Waals surface area contributed by atoms with E-state index in [0.717, 1.165) is 11.3 Å². The van der Waals surface area contributed by atoms with Crippen LogP contribution in [0.15, 0.2) is 47.6 Å². The molecule has 0 bridgehead atoms. The second-order valence-corrected chi connectivity index (χ2v) is 5.05. The van der Waals surface area contributed by atoms with Gasteiger partial charge in [0.1, 0.15) is 0 Å². The summed E-state index contributed by atoms with van der Waals surface area (Å²) in [5.41, 5.74) is 4.60. The van der Waals surface area contributed by atoms with Crippen molar-refractivity contribution in [1.82, 2.24) is 5.43 Å². The molecule has 118 valence electrons. The van der Waals surface area contributed by atoms with Crippen LogP contribution in [0.1, 0.15) is 11.1 Å². The van der Waals surface area contributed by atoms with Gasteiger partial charge in [-0.1, -0.05) is 18.2 Å². The number of para-hydroxylation sites is 1. The van der Waals surface area contributed by atoms with Crippen molar-refractivity contribution < 1.29 is 10.0 Å². The highest BCUT2D eigenvalue weighted by Crippen LogP contribution is 2.25. The van der Waals surface area contributed by atoms with Crippen LogP contribution in [0.4, 0.5) is 11.4 Å². The molecular weight excluding hydrogens is 316 g/mol. The maximum absolute atomic E-state index is 10.7. The zero-order chi connectivity index (χ0) is 16.8. The summed E-state index contributed by atoms with van der Waals surface area (Å²) < 4.78 is 0. The summed E-state index contributed by atoms with van der Waals surface area (Å²) in [5.74, 6) is -0.392. The smallest absolute Gasteiger partial charge is 0.311 e. The van der Waals surface area contributed by atoms with Crippen LogP contribution >= 0.6 is 12.2 Å². The molecule has 2 aromatic carbocycles. The van der Waals surface area contributed by atoms with Gasteiger partial charge in [0.15, 0.2) is 10.9 Å². The van der Waals surface area contributed by atoms with E-state index in [9.17, 15) is 15.2 Å². The third-order valence-electron chi connectivity index (χ3n) is 2.97. The zero-order valence-electron chi connectivity index (χ0n) is 12.2. The molecule has 0 aliphatic heterocycles. The molecule has 7 nitrogen and oxygen atoms in total. The molecule has 23 heavy (non-hydrogen) atoms. The highest BCUT2D eigenvalue weighted by Gasteiger charge is 2.12. The number of nitrogens with zero attached hydrogens (tertiary/aromatic N) is 2. The predicted octanol–water partition coefficient (Wildman–Crippen LogP) is 2.93. The minimum atomic E-state index is -0.662. The van der Waals surface area contributed by atoms with Crippen LogP contribution in [-0.2, 0) is 0 Å². The summed E-state index contributed by atoms with van der Waals surface area (Å²) in [7, 11) is 0. The number of hydrogen-bond acceptors (Lipinski definition) is 5. The van der Waals surface area contributed by atoms with Gasteiger partial charge in [-0.25, -0.2) is 0 Å². The highest BCUT2D eigenvalue weighted by molar-refractivity contribution is 7.80. The Bertz CT molecular complexity index is 777. The Morgan fingerprint density at radius 3 is 2.78 bits per heavy atom. The molecule has 8 heteroatoms. The monoisotopic (exact) mass is 330 g/mol. The van der Waals surface area contributed by atoms with Crippen LogP contribution in [0.3, 0.4) is 0 Å². The molecule has 0 aromatic heterocycles. The van der Waals surface area contributed by atoms with E-state index in [0.29, 0.717) is 10.7 Å². The number of anilines is 1. The molecule has 0 amide bonds. The molecule has 2 rings (SSSR count). The van der Waals surface area contributed by atoms with Crippen molar-refractivity contribution in [2.24, 2.45) is 5.10 Å². The lowest BCUT2D eigenvalue weighted by molar-refractivity contribution is -0.385. The number of nitro groups is 1. The molecular formula is C15H14N4O3S. The first-order chi connectivity index (χ1) is 11.0. The first-order valence-electron chi connectivity index (χ1n) is 6.60. The lowest BCUT2D eigenvalue weighted by atomic mass is 10.2. The van der Waals surface area contributed by atoms with Gasteiger partial charge in [0.05, 0.1) is 11.1 Å². The summed E-state index contributed by atoms with van der Waals surface area (Å²) in [5, 5.41) is 27.3. The molecule has 0 saturated heterocycles. The summed E-state index contributed by atoms with van der Waals surface area (Å²) in [6.45, 7) is 1.95. The van der Waals surface area contributed by atoms with E-state index >= 15 is 0 Å². The number of nitrogens with one attached hydrogen (secondary N) is 2. The van der Waals surface area contributed by atoms with Gasteiger partial charge < -0.3 is 10.4 Å². The van der Waals surface area contributed by atoms with Gasteiger partial charge in [0.2, 0.25) is 0 Å². The molecule has 0 aliphatic carbocycles. The SMILES string of the molecule is Cc1ccccc1NC(=S)N/N=C/c1ccc(O)c([N+](=O)[O-])c1. The van der Waals surface area contributed by atoms with Crippen LogP contribution in [0.2, 0.25) is 0 Å². The minimum Gasteiger partial charge on any atom is -0.502 e. The summed E-state index contributed by atoms with van der Waals surface area (Å²) in [6, 6.07) is 11.6. The summed E-state index contributed by atoms with van der Waals surface area (Å²) >= 11 is 5.11. The fraction of sp³-hybridized carbons (Fsp3) is 0.0667. The third kappa shape index (κ3) is 4.48. The van der Waals surface area contributed by atoms with Crippen molar-refractivity contribution in [3.63, 3.8) is 0 Å². The van der Waals surface area contributed by atoms with E-state index < -0.39 is 10.7 Å². The average Bonchev–Trinajstić information content (AvgIpc) is 2.51. The fourth-order valence-electron chi connectivity index (χ4n) is 1.80.